The summed E-state index contributed by atoms with van der Waals surface area (Å²) in [4.78, 5) is 10.2. The zero-order valence-electron chi connectivity index (χ0n) is 8.67. The van der Waals surface area contributed by atoms with Crippen LogP contribution in [0.2, 0.25) is 5.02 Å². The lowest BCUT2D eigenvalue weighted by molar-refractivity contribution is -0.137. The van der Waals surface area contributed by atoms with Crippen LogP contribution < -0.4 is 5.32 Å². The quantitative estimate of drug-likeness (QED) is 0.757. The number of halogens is 2. The van der Waals surface area contributed by atoms with Gasteiger partial charge in [0.25, 0.3) is 0 Å². The molecular formula is C11H13ClFNO2. The van der Waals surface area contributed by atoms with Gasteiger partial charge in [-0.1, -0.05) is 11.6 Å². The molecule has 0 saturated heterocycles. The van der Waals surface area contributed by atoms with Crippen molar-refractivity contribution in [1.29, 1.82) is 0 Å². The second-order valence-electron chi connectivity index (χ2n) is 3.41. The average molecular weight is 246 g/mol. The summed E-state index contributed by atoms with van der Waals surface area (Å²) in [5, 5.41) is 11.9. The van der Waals surface area contributed by atoms with Crippen LogP contribution in [0.3, 0.4) is 0 Å². The number of hydrogen-bond acceptors (Lipinski definition) is 2. The van der Waals surface area contributed by atoms with Crippen molar-refractivity contribution in [3.8, 4) is 0 Å². The molecule has 0 unspecified atom stereocenters. The lowest BCUT2D eigenvalue weighted by Crippen LogP contribution is -2.16. The largest absolute Gasteiger partial charge is 0.481 e. The van der Waals surface area contributed by atoms with E-state index in [1.165, 1.54) is 12.1 Å². The van der Waals surface area contributed by atoms with Crippen LogP contribution in [0.1, 0.15) is 18.4 Å². The van der Waals surface area contributed by atoms with Crippen LogP contribution in [0.5, 0.6) is 0 Å². The van der Waals surface area contributed by atoms with E-state index in [1.54, 1.807) is 6.07 Å². The fourth-order valence-corrected chi connectivity index (χ4v) is 1.46. The maximum atomic E-state index is 13.2. The lowest BCUT2D eigenvalue weighted by atomic mass is 10.2. The molecule has 0 radical (unpaired) electrons. The summed E-state index contributed by atoms with van der Waals surface area (Å²) in [6.07, 6.45) is 0.641. The molecule has 3 nitrogen and oxygen atoms in total. The lowest BCUT2D eigenvalue weighted by Gasteiger charge is -2.05. The van der Waals surface area contributed by atoms with Crippen molar-refractivity contribution in [3.05, 3.63) is 34.6 Å². The molecule has 5 heteroatoms. The third kappa shape index (κ3) is 4.59. The van der Waals surface area contributed by atoms with E-state index < -0.39 is 5.97 Å². The van der Waals surface area contributed by atoms with Gasteiger partial charge < -0.3 is 10.4 Å². The van der Waals surface area contributed by atoms with E-state index in [9.17, 15) is 9.18 Å². The molecule has 0 aromatic heterocycles. The highest BCUT2D eigenvalue weighted by Crippen LogP contribution is 2.14. The predicted octanol–water partition coefficient (Wildman–Crippen LogP) is 2.43. The smallest absolute Gasteiger partial charge is 0.303 e. The summed E-state index contributed by atoms with van der Waals surface area (Å²) < 4.78 is 13.2. The van der Waals surface area contributed by atoms with Crippen LogP contribution in [0, 0.1) is 5.82 Å². The van der Waals surface area contributed by atoms with Crippen molar-refractivity contribution < 1.29 is 14.3 Å². The van der Waals surface area contributed by atoms with Crippen molar-refractivity contribution in [2.45, 2.75) is 19.4 Å². The van der Waals surface area contributed by atoms with Gasteiger partial charge in [0.2, 0.25) is 0 Å². The maximum Gasteiger partial charge on any atom is 0.303 e. The normalized spacial score (nSPS) is 10.4. The van der Waals surface area contributed by atoms with E-state index in [1.807, 2.05) is 0 Å². The summed E-state index contributed by atoms with van der Waals surface area (Å²) in [5.41, 5.74) is 0.489. The van der Waals surface area contributed by atoms with Crippen LogP contribution in [0.25, 0.3) is 0 Å². The molecule has 0 bridgehead atoms. The molecule has 1 rings (SSSR count). The Morgan fingerprint density at radius 2 is 2.25 bits per heavy atom. The Morgan fingerprint density at radius 3 is 2.94 bits per heavy atom. The summed E-state index contributed by atoms with van der Waals surface area (Å²) in [6, 6.07) is 4.36. The molecule has 0 spiro atoms. The first kappa shape index (κ1) is 12.9. The third-order valence-corrected chi connectivity index (χ3v) is 2.30. The summed E-state index contributed by atoms with van der Waals surface area (Å²) in [5.74, 6) is -1.13. The Hall–Kier alpha value is -1.13. The van der Waals surface area contributed by atoms with Crippen LogP contribution in [-0.4, -0.2) is 17.6 Å². The summed E-state index contributed by atoms with van der Waals surface area (Å²) >= 11 is 5.73. The molecule has 88 valence electrons. The second-order valence-corrected chi connectivity index (χ2v) is 3.85. The SMILES string of the molecule is O=C(O)CCCNCc1cc(Cl)ccc1F. The number of carboxylic acid groups (broad SMARTS) is 1. The number of rotatable bonds is 6. The van der Waals surface area contributed by atoms with Gasteiger partial charge in [-0.3, -0.25) is 4.79 Å². The topological polar surface area (TPSA) is 49.3 Å². The molecule has 0 aliphatic heterocycles. The standard InChI is InChI=1S/C11H13ClFNO2/c12-9-3-4-10(13)8(6-9)7-14-5-1-2-11(15)16/h3-4,6,14H,1-2,5,7H2,(H,15,16). The van der Waals surface area contributed by atoms with Gasteiger partial charge in [0.1, 0.15) is 5.82 Å². The van der Waals surface area contributed by atoms with Gasteiger partial charge in [0, 0.05) is 23.6 Å². The molecule has 0 aliphatic carbocycles. The number of carbonyl (C=O) groups is 1. The molecule has 1 aromatic rings. The van der Waals surface area contributed by atoms with Gasteiger partial charge in [-0.25, -0.2) is 4.39 Å². The first-order valence-corrected chi connectivity index (χ1v) is 5.34. The Morgan fingerprint density at radius 1 is 1.50 bits per heavy atom. The highest BCUT2D eigenvalue weighted by molar-refractivity contribution is 6.30. The highest BCUT2D eigenvalue weighted by Gasteiger charge is 2.02. The molecule has 0 atom stereocenters. The number of benzene rings is 1. The molecule has 0 aliphatic rings. The zero-order valence-corrected chi connectivity index (χ0v) is 9.43. The minimum atomic E-state index is -0.823. The maximum absolute atomic E-state index is 13.2. The Labute approximate surface area is 98.2 Å². The Bertz CT molecular complexity index is 371. The van der Waals surface area contributed by atoms with Crippen molar-refractivity contribution in [1.82, 2.24) is 5.32 Å². The molecule has 0 heterocycles. The average Bonchev–Trinajstić information content (AvgIpc) is 2.22. The highest BCUT2D eigenvalue weighted by atomic mass is 35.5. The monoisotopic (exact) mass is 245 g/mol. The van der Waals surface area contributed by atoms with Gasteiger partial charge in [0.15, 0.2) is 0 Å². The van der Waals surface area contributed by atoms with E-state index in [-0.39, 0.29) is 12.2 Å². The Balaban J connectivity index is 2.31. The summed E-state index contributed by atoms with van der Waals surface area (Å²) in [6.45, 7) is 0.893. The molecular weight excluding hydrogens is 233 g/mol. The van der Waals surface area contributed by atoms with Gasteiger partial charge in [-0.15, -0.1) is 0 Å². The van der Waals surface area contributed by atoms with Gasteiger partial charge in [-0.2, -0.15) is 0 Å². The molecule has 1 aromatic carbocycles. The van der Waals surface area contributed by atoms with Crippen LogP contribution in [0.15, 0.2) is 18.2 Å². The Kier molecular flexibility index (Phi) is 5.22. The molecule has 0 amide bonds. The van der Waals surface area contributed by atoms with E-state index in [0.717, 1.165) is 0 Å². The minimum Gasteiger partial charge on any atom is -0.481 e. The van der Waals surface area contributed by atoms with Crippen molar-refractivity contribution in [3.63, 3.8) is 0 Å². The van der Waals surface area contributed by atoms with E-state index in [0.29, 0.717) is 30.1 Å². The fourth-order valence-electron chi connectivity index (χ4n) is 1.27. The first-order chi connectivity index (χ1) is 7.59. The van der Waals surface area contributed by atoms with Gasteiger partial charge in [-0.05, 0) is 31.2 Å². The molecule has 2 N–H and O–H groups in total. The molecule has 0 fully saturated rings. The fraction of sp³-hybridized carbons (Fsp3) is 0.364. The van der Waals surface area contributed by atoms with Crippen LogP contribution in [-0.2, 0) is 11.3 Å². The van der Waals surface area contributed by atoms with Gasteiger partial charge in [0.05, 0.1) is 0 Å². The number of carboxylic acids is 1. The first-order valence-electron chi connectivity index (χ1n) is 4.96. The number of aliphatic carboxylic acids is 1. The number of nitrogens with one attached hydrogen (secondary N) is 1. The molecule has 0 saturated carbocycles. The predicted molar refractivity (Wildman–Crippen MR) is 60.0 cm³/mol. The third-order valence-electron chi connectivity index (χ3n) is 2.07. The van der Waals surface area contributed by atoms with Crippen molar-refractivity contribution in [2.75, 3.05) is 6.54 Å². The van der Waals surface area contributed by atoms with E-state index >= 15 is 0 Å². The van der Waals surface area contributed by atoms with E-state index in [4.69, 9.17) is 16.7 Å². The van der Waals surface area contributed by atoms with Gasteiger partial charge >= 0.3 is 5.97 Å². The van der Waals surface area contributed by atoms with Crippen molar-refractivity contribution >= 4 is 17.6 Å². The molecule has 16 heavy (non-hydrogen) atoms. The second kappa shape index (κ2) is 6.45. The van der Waals surface area contributed by atoms with Crippen LogP contribution in [0.4, 0.5) is 4.39 Å². The van der Waals surface area contributed by atoms with Crippen LogP contribution >= 0.6 is 11.6 Å². The van der Waals surface area contributed by atoms with Crippen molar-refractivity contribution in [2.24, 2.45) is 0 Å². The zero-order chi connectivity index (χ0) is 12.0. The van der Waals surface area contributed by atoms with E-state index in [2.05, 4.69) is 5.32 Å². The minimum absolute atomic E-state index is 0.116. The summed E-state index contributed by atoms with van der Waals surface area (Å²) in [7, 11) is 0. The number of hydrogen-bond donors (Lipinski definition) is 2.